The Labute approximate surface area is 80.1 Å². The van der Waals surface area contributed by atoms with Gasteiger partial charge in [0, 0.05) is 13.3 Å². The summed E-state index contributed by atoms with van der Waals surface area (Å²) < 4.78 is 5.74. The standard InChI is InChI=1S/C8H11BrN2O/c1-12-5-7(10)6-2-3-8(9)11-4-6/h2-4,7H,5,10H2,1H3. The van der Waals surface area contributed by atoms with Gasteiger partial charge in [0.15, 0.2) is 0 Å². The Bertz CT molecular complexity index is 237. The molecule has 1 heterocycles. The first-order valence-electron chi connectivity index (χ1n) is 3.60. The summed E-state index contributed by atoms with van der Waals surface area (Å²) in [5, 5.41) is 0. The smallest absolute Gasteiger partial charge is 0.106 e. The minimum absolute atomic E-state index is 0.0874. The molecule has 4 heteroatoms. The summed E-state index contributed by atoms with van der Waals surface area (Å²) in [7, 11) is 1.63. The molecule has 0 aliphatic rings. The number of rotatable bonds is 3. The second-order valence-corrected chi connectivity index (χ2v) is 3.29. The fourth-order valence-electron chi connectivity index (χ4n) is 0.882. The van der Waals surface area contributed by atoms with E-state index in [0.717, 1.165) is 10.2 Å². The predicted octanol–water partition coefficient (Wildman–Crippen LogP) is 1.49. The van der Waals surface area contributed by atoms with Crippen molar-refractivity contribution in [3.05, 3.63) is 28.5 Å². The van der Waals surface area contributed by atoms with E-state index in [-0.39, 0.29) is 6.04 Å². The molecule has 0 spiro atoms. The third kappa shape index (κ3) is 2.55. The molecule has 0 saturated heterocycles. The van der Waals surface area contributed by atoms with Crippen LogP contribution in [0.4, 0.5) is 0 Å². The van der Waals surface area contributed by atoms with Crippen LogP contribution in [-0.4, -0.2) is 18.7 Å². The van der Waals surface area contributed by atoms with Gasteiger partial charge < -0.3 is 10.5 Å². The summed E-state index contributed by atoms with van der Waals surface area (Å²) in [5.74, 6) is 0. The van der Waals surface area contributed by atoms with Gasteiger partial charge in [0.2, 0.25) is 0 Å². The lowest BCUT2D eigenvalue weighted by Crippen LogP contribution is -2.16. The van der Waals surface area contributed by atoms with Gasteiger partial charge in [-0.3, -0.25) is 0 Å². The maximum absolute atomic E-state index is 5.78. The Morgan fingerprint density at radius 2 is 2.42 bits per heavy atom. The maximum atomic E-state index is 5.78. The lowest BCUT2D eigenvalue weighted by molar-refractivity contribution is 0.181. The number of nitrogens with two attached hydrogens (primary N) is 1. The van der Waals surface area contributed by atoms with E-state index in [4.69, 9.17) is 10.5 Å². The molecule has 1 aromatic rings. The van der Waals surface area contributed by atoms with Crippen LogP contribution in [0.2, 0.25) is 0 Å². The van der Waals surface area contributed by atoms with Crippen LogP contribution >= 0.6 is 15.9 Å². The zero-order valence-corrected chi connectivity index (χ0v) is 8.41. The summed E-state index contributed by atoms with van der Waals surface area (Å²) in [4.78, 5) is 4.06. The van der Waals surface area contributed by atoms with E-state index < -0.39 is 0 Å². The van der Waals surface area contributed by atoms with E-state index in [9.17, 15) is 0 Å². The van der Waals surface area contributed by atoms with Gasteiger partial charge in [-0.15, -0.1) is 0 Å². The number of ether oxygens (including phenoxy) is 1. The molecule has 0 bridgehead atoms. The number of hydrogen-bond acceptors (Lipinski definition) is 3. The topological polar surface area (TPSA) is 48.1 Å². The van der Waals surface area contributed by atoms with Crippen molar-refractivity contribution in [1.29, 1.82) is 0 Å². The predicted molar refractivity (Wildman–Crippen MR) is 50.7 cm³/mol. The van der Waals surface area contributed by atoms with Gasteiger partial charge in [0.1, 0.15) is 4.60 Å². The molecule has 0 radical (unpaired) electrons. The van der Waals surface area contributed by atoms with Gasteiger partial charge in [0.25, 0.3) is 0 Å². The molecule has 1 aromatic heterocycles. The summed E-state index contributed by atoms with van der Waals surface area (Å²) in [6, 6.07) is 3.71. The minimum Gasteiger partial charge on any atom is -0.383 e. The number of halogens is 1. The van der Waals surface area contributed by atoms with Crippen molar-refractivity contribution in [2.24, 2.45) is 5.73 Å². The first kappa shape index (κ1) is 9.64. The van der Waals surface area contributed by atoms with Crippen LogP contribution in [-0.2, 0) is 4.74 Å². The van der Waals surface area contributed by atoms with Crippen LogP contribution in [0, 0.1) is 0 Å². The summed E-state index contributed by atoms with van der Waals surface area (Å²) in [5.41, 5.74) is 6.76. The highest BCUT2D eigenvalue weighted by Gasteiger charge is 2.04. The van der Waals surface area contributed by atoms with Gasteiger partial charge in [-0.2, -0.15) is 0 Å². The highest BCUT2D eigenvalue weighted by Crippen LogP contribution is 2.12. The maximum Gasteiger partial charge on any atom is 0.106 e. The Balaban J connectivity index is 2.68. The number of hydrogen-bond donors (Lipinski definition) is 1. The molecule has 66 valence electrons. The first-order chi connectivity index (χ1) is 5.74. The van der Waals surface area contributed by atoms with Crippen LogP contribution in [0.3, 0.4) is 0 Å². The fraction of sp³-hybridized carbons (Fsp3) is 0.375. The molecule has 1 unspecified atom stereocenters. The van der Waals surface area contributed by atoms with Crippen molar-refractivity contribution < 1.29 is 4.74 Å². The van der Waals surface area contributed by atoms with E-state index in [1.165, 1.54) is 0 Å². The van der Waals surface area contributed by atoms with E-state index in [2.05, 4.69) is 20.9 Å². The molecule has 2 N–H and O–H groups in total. The van der Waals surface area contributed by atoms with Gasteiger partial charge >= 0.3 is 0 Å². The largest absolute Gasteiger partial charge is 0.383 e. The van der Waals surface area contributed by atoms with Crippen LogP contribution in [0.5, 0.6) is 0 Å². The van der Waals surface area contributed by atoms with Gasteiger partial charge in [0.05, 0.1) is 12.6 Å². The van der Waals surface area contributed by atoms with Crippen molar-refractivity contribution in [2.45, 2.75) is 6.04 Å². The van der Waals surface area contributed by atoms with Crippen molar-refractivity contribution >= 4 is 15.9 Å². The molecule has 0 aromatic carbocycles. The normalized spacial score (nSPS) is 12.9. The number of nitrogens with zero attached hydrogens (tertiary/aromatic N) is 1. The molecular formula is C8H11BrN2O. The number of pyridine rings is 1. The molecule has 0 aliphatic carbocycles. The Hall–Kier alpha value is -0.450. The number of methoxy groups -OCH3 is 1. The molecule has 0 saturated carbocycles. The molecule has 1 rings (SSSR count). The highest BCUT2D eigenvalue weighted by molar-refractivity contribution is 9.10. The monoisotopic (exact) mass is 230 g/mol. The van der Waals surface area contributed by atoms with Gasteiger partial charge in [-0.05, 0) is 27.6 Å². The first-order valence-corrected chi connectivity index (χ1v) is 4.39. The van der Waals surface area contributed by atoms with Crippen LogP contribution in [0.1, 0.15) is 11.6 Å². The molecular weight excluding hydrogens is 220 g/mol. The van der Waals surface area contributed by atoms with Crippen LogP contribution in [0.15, 0.2) is 22.9 Å². The number of aromatic nitrogens is 1. The van der Waals surface area contributed by atoms with Crippen molar-refractivity contribution in [3.8, 4) is 0 Å². The quantitative estimate of drug-likeness (QED) is 0.801. The van der Waals surface area contributed by atoms with E-state index in [1.807, 2.05) is 12.1 Å². The molecule has 12 heavy (non-hydrogen) atoms. The van der Waals surface area contributed by atoms with Crippen LogP contribution in [0.25, 0.3) is 0 Å². The molecule has 0 amide bonds. The fourth-order valence-corrected chi connectivity index (χ4v) is 1.12. The zero-order valence-electron chi connectivity index (χ0n) is 6.83. The third-order valence-corrected chi connectivity index (χ3v) is 1.99. The SMILES string of the molecule is COCC(N)c1ccc(Br)nc1. The second kappa shape index (κ2) is 4.54. The second-order valence-electron chi connectivity index (χ2n) is 2.48. The van der Waals surface area contributed by atoms with E-state index in [1.54, 1.807) is 13.3 Å². The zero-order chi connectivity index (χ0) is 8.97. The lowest BCUT2D eigenvalue weighted by atomic mass is 10.1. The Morgan fingerprint density at radius 1 is 1.67 bits per heavy atom. The Kier molecular flexibility index (Phi) is 3.65. The Morgan fingerprint density at radius 3 is 2.92 bits per heavy atom. The molecule has 0 fully saturated rings. The van der Waals surface area contributed by atoms with Crippen LogP contribution < -0.4 is 5.73 Å². The third-order valence-electron chi connectivity index (χ3n) is 1.52. The molecule has 0 aliphatic heterocycles. The molecule has 3 nitrogen and oxygen atoms in total. The molecule has 1 atom stereocenters. The van der Waals surface area contributed by atoms with Crippen molar-refractivity contribution in [2.75, 3.05) is 13.7 Å². The minimum atomic E-state index is -0.0874. The summed E-state index contributed by atoms with van der Waals surface area (Å²) >= 11 is 3.25. The van der Waals surface area contributed by atoms with Crippen molar-refractivity contribution in [3.63, 3.8) is 0 Å². The summed E-state index contributed by atoms with van der Waals surface area (Å²) in [6.45, 7) is 0.517. The van der Waals surface area contributed by atoms with Gasteiger partial charge in [-0.1, -0.05) is 6.07 Å². The highest BCUT2D eigenvalue weighted by atomic mass is 79.9. The van der Waals surface area contributed by atoms with Gasteiger partial charge in [-0.25, -0.2) is 4.98 Å². The van der Waals surface area contributed by atoms with E-state index >= 15 is 0 Å². The average Bonchev–Trinajstić information content (AvgIpc) is 2.06. The average molecular weight is 231 g/mol. The summed E-state index contributed by atoms with van der Waals surface area (Å²) in [6.07, 6.45) is 1.74. The lowest BCUT2D eigenvalue weighted by Gasteiger charge is -2.09. The van der Waals surface area contributed by atoms with E-state index in [0.29, 0.717) is 6.61 Å². The van der Waals surface area contributed by atoms with Crippen molar-refractivity contribution in [1.82, 2.24) is 4.98 Å².